The van der Waals surface area contributed by atoms with E-state index in [0.717, 1.165) is 0 Å². The van der Waals surface area contributed by atoms with E-state index in [-0.39, 0.29) is 10.9 Å². The van der Waals surface area contributed by atoms with Gasteiger partial charge in [-0.2, -0.15) is 0 Å². The van der Waals surface area contributed by atoms with Crippen molar-refractivity contribution < 1.29 is 8.42 Å². The standard InChI is InChI=1S/C14H20N4O2S/c1-3-16-21(19,20)14-7-5-4-6-13(14)17-12(2)10-18-9-8-15-11-18/h4-9,11-12,16-17H,3,10H2,1-2H3. The van der Waals surface area contributed by atoms with Crippen LogP contribution in [-0.2, 0) is 16.6 Å². The summed E-state index contributed by atoms with van der Waals surface area (Å²) in [5.74, 6) is 0. The van der Waals surface area contributed by atoms with Crippen LogP contribution in [-0.4, -0.2) is 30.6 Å². The number of para-hydroxylation sites is 1. The summed E-state index contributed by atoms with van der Waals surface area (Å²) >= 11 is 0. The molecule has 21 heavy (non-hydrogen) atoms. The number of benzene rings is 1. The Morgan fingerprint density at radius 2 is 2.10 bits per heavy atom. The fourth-order valence-electron chi connectivity index (χ4n) is 2.11. The van der Waals surface area contributed by atoms with E-state index in [9.17, 15) is 8.42 Å². The third-order valence-electron chi connectivity index (χ3n) is 2.96. The van der Waals surface area contributed by atoms with Crippen LogP contribution < -0.4 is 10.0 Å². The maximum Gasteiger partial charge on any atom is 0.242 e. The summed E-state index contributed by atoms with van der Waals surface area (Å²) in [6, 6.07) is 6.98. The van der Waals surface area contributed by atoms with Crippen molar-refractivity contribution in [3.8, 4) is 0 Å². The van der Waals surface area contributed by atoms with Crippen molar-refractivity contribution in [2.45, 2.75) is 31.3 Å². The molecule has 0 spiro atoms. The lowest BCUT2D eigenvalue weighted by atomic mass is 10.2. The molecular weight excluding hydrogens is 288 g/mol. The van der Waals surface area contributed by atoms with Gasteiger partial charge in [-0.15, -0.1) is 0 Å². The van der Waals surface area contributed by atoms with Gasteiger partial charge in [0.25, 0.3) is 0 Å². The van der Waals surface area contributed by atoms with Gasteiger partial charge in [-0.05, 0) is 19.1 Å². The van der Waals surface area contributed by atoms with E-state index in [2.05, 4.69) is 15.0 Å². The third-order valence-corrected chi connectivity index (χ3v) is 4.56. The maximum atomic E-state index is 12.2. The normalized spacial score (nSPS) is 13.0. The summed E-state index contributed by atoms with van der Waals surface area (Å²) in [6.45, 7) is 4.82. The summed E-state index contributed by atoms with van der Waals surface area (Å²) in [4.78, 5) is 4.26. The highest BCUT2D eigenvalue weighted by atomic mass is 32.2. The number of anilines is 1. The van der Waals surface area contributed by atoms with Crippen LogP contribution in [0, 0.1) is 0 Å². The number of nitrogens with one attached hydrogen (secondary N) is 2. The zero-order chi connectivity index (χ0) is 15.3. The molecule has 1 unspecified atom stereocenters. The zero-order valence-corrected chi connectivity index (χ0v) is 13.0. The first-order valence-corrected chi connectivity index (χ1v) is 8.32. The highest BCUT2D eigenvalue weighted by Gasteiger charge is 2.18. The quantitative estimate of drug-likeness (QED) is 0.816. The van der Waals surface area contributed by atoms with Crippen molar-refractivity contribution in [3.63, 3.8) is 0 Å². The summed E-state index contributed by atoms with van der Waals surface area (Å²) in [7, 11) is -3.48. The van der Waals surface area contributed by atoms with Gasteiger partial charge in [-0.3, -0.25) is 0 Å². The molecule has 0 saturated heterocycles. The van der Waals surface area contributed by atoms with Gasteiger partial charge in [0.15, 0.2) is 0 Å². The van der Waals surface area contributed by atoms with Crippen LogP contribution in [0.25, 0.3) is 0 Å². The number of hydrogen-bond donors (Lipinski definition) is 2. The minimum Gasteiger partial charge on any atom is -0.380 e. The van der Waals surface area contributed by atoms with Crippen molar-refractivity contribution in [1.82, 2.24) is 14.3 Å². The molecule has 1 heterocycles. The van der Waals surface area contributed by atoms with E-state index in [0.29, 0.717) is 18.8 Å². The molecule has 0 aliphatic rings. The van der Waals surface area contributed by atoms with E-state index in [1.54, 1.807) is 37.6 Å². The highest BCUT2D eigenvalue weighted by Crippen LogP contribution is 2.21. The van der Waals surface area contributed by atoms with Gasteiger partial charge >= 0.3 is 0 Å². The van der Waals surface area contributed by atoms with Crippen molar-refractivity contribution >= 4 is 15.7 Å². The second-order valence-corrected chi connectivity index (χ2v) is 6.54. The Hall–Kier alpha value is -1.86. The molecule has 114 valence electrons. The van der Waals surface area contributed by atoms with Gasteiger partial charge in [-0.25, -0.2) is 18.1 Å². The molecule has 7 heteroatoms. The van der Waals surface area contributed by atoms with Crippen molar-refractivity contribution in [2.75, 3.05) is 11.9 Å². The monoisotopic (exact) mass is 308 g/mol. The highest BCUT2D eigenvalue weighted by molar-refractivity contribution is 7.89. The number of hydrogen-bond acceptors (Lipinski definition) is 4. The minimum atomic E-state index is -3.48. The minimum absolute atomic E-state index is 0.0668. The largest absolute Gasteiger partial charge is 0.380 e. The van der Waals surface area contributed by atoms with E-state index < -0.39 is 10.0 Å². The van der Waals surface area contributed by atoms with Crippen LogP contribution in [0.3, 0.4) is 0 Å². The molecule has 0 aliphatic heterocycles. The lowest BCUT2D eigenvalue weighted by Crippen LogP contribution is -2.26. The Bertz CT molecular complexity index is 668. The smallest absolute Gasteiger partial charge is 0.242 e. The van der Waals surface area contributed by atoms with Gasteiger partial charge < -0.3 is 9.88 Å². The first kappa shape index (κ1) is 15.5. The second kappa shape index (κ2) is 6.73. The van der Waals surface area contributed by atoms with Crippen LogP contribution in [0.4, 0.5) is 5.69 Å². The molecule has 0 amide bonds. The Labute approximate surface area is 125 Å². The van der Waals surface area contributed by atoms with Gasteiger partial charge in [0.05, 0.1) is 12.0 Å². The SMILES string of the molecule is CCNS(=O)(=O)c1ccccc1NC(C)Cn1ccnc1. The number of nitrogens with zero attached hydrogens (tertiary/aromatic N) is 2. The topological polar surface area (TPSA) is 76.0 Å². The van der Waals surface area contributed by atoms with Crippen LogP contribution in [0.5, 0.6) is 0 Å². The first-order valence-electron chi connectivity index (χ1n) is 6.84. The molecule has 0 radical (unpaired) electrons. The molecule has 0 aliphatic carbocycles. The Morgan fingerprint density at radius 1 is 1.33 bits per heavy atom. The third kappa shape index (κ3) is 4.05. The Kier molecular flexibility index (Phi) is 4.98. The number of imidazole rings is 1. The van der Waals surface area contributed by atoms with E-state index in [1.165, 1.54) is 0 Å². The zero-order valence-electron chi connectivity index (χ0n) is 12.2. The molecule has 0 bridgehead atoms. The first-order chi connectivity index (χ1) is 10.0. The van der Waals surface area contributed by atoms with Gasteiger partial charge in [0, 0.05) is 31.5 Å². The van der Waals surface area contributed by atoms with Crippen molar-refractivity contribution in [2.24, 2.45) is 0 Å². The molecule has 1 aromatic carbocycles. The van der Waals surface area contributed by atoms with Gasteiger partial charge in [-0.1, -0.05) is 19.1 Å². The fraction of sp³-hybridized carbons (Fsp3) is 0.357. The lowest BCUT2D eigenvalue weighted by molar-refractivity contribution is 0.583. The summed E-state index contributed by atoms with van der Waals surface area (Å²) < 4.78 is 28.8. The average molecular weight is 308 g/mol. The average Bonchev–Trinajstić information content (AvgIpc) is 2.91. The van der Waals surface area contributed by atoms with Crippen LogP contribution in [0.1, 0.15) is 13.8 Å². The van der Waals surface area contributed by atoms with Gasteiger partial charge in [0.2, 0.25) is 10.0 Å². The van der Waals surface area contributed by atoms with Crippen LogP contribution in [0.2, 0.25) is 0 Å². The van der Waals surface area contributed by atoms with Gasteiger partial charge in [0.1, 0.15) is 4.90 Å². The summed E-state index contributed by atoms with van der Waals surface area (Å²) in [6.07, 6.45) is 5.33. The number of rotatable bonds is 7. The Morgan fingerprint density at radius 3 is 2.76 bits per heavy atom. The summed E-state index contributed by atoms with van der Waals surface area (Å²) in [5.41, 5.74) is 0.603. The second-order valence-electron chi connectivity index (χ2n) is 4.80. The molecule has 0 fully saturated rings. The molecule has 6 nitrogen and oxygen atoms in total. The molecule has 2 N–H and O–H groups in total. The van der Waals surface area contributed by atoms with Crippen LogP contribution in [0.15, 0.2) is 47.9 Å². The molecule has 1 atom stereocenters. The van der Waals surface area contributed by atoms with E-state index >= 15 is 0 Å². The van der Waals surface area contributed by atoms with Crippen LogP contribution >= 0.6 is 0 Å². The predicted molar refractivity (Wildman–Crippen MR) is 82.6 cm³/mol. The van der Waals surface area contributed by atoms with E-state index in [4.69, 9.17) is 0 Å². The lowest BCUT2D eigenvalue weighted by Gasteiger charge is -2.18. The molecule has 2 rings (SSSR count). The molecule has 1 aromatic heterocycles. The summed E-state index contributed by atoms with van der Waals surface area (Å²) in [5, 5.41) is 3.25. The van der Waals surface area contributed by atoms with Crippen molar-refractivity contribution in [1.29, 1.82) is 0 Å². The Balaban J connectivity index is 2.17. The maximum absolute atomic E-state index is 12.2. The fourth-order valence-corrected chi connectivity index (χ4v) is 3.32. The molecular formula is C14H20N4O2S. The predicted octanol–water partition coefficient (Wildman–Crippen LogP) is 1.68. The molecule has 2 aromatic rings. The van der Waals surface area contributed by atoms with E-state index in [1.807, 2.05) is 23.8 Å². The number of aromatic nitrogens is 2. The number of sulfonamides is 1. The van der Waals surface area contributed by atoms with Crippen molar-refractivity contribution in [3.05, 3.63) is 43.0 Å². The molecule has 0 saturated carbocycles.